The number of rotatable bonds is 3. The van der Waals surface area contributed by atoms with Gasteiger partial charge in [0.25, 0.3) is 0 Å². The zero-order valence-electron chi connectivity index (χ0n) is 16.4. The van der Waals surface area contributed by atoms with Crippen molar-refractivity contribution in [1.29, 1.82) is 0 Å². The monoisotopic (exact) mass is 370 g/mol. The second-order valence-electron chi connectivity index (χ2n) is 7.98. The maximum atomic E-state index is 12.5. The van der Waals surface area contributed by atoms with Crippen LogP contribution >= 0.6 is 0 Å². The number of aromatic amines is 1. The maximum absolute atomic E-state index is 12.5. The highest BCUT2D eigenvalue weighted by Gasteiger charge is 2.44. The van der Waals surface area contributed by atoms with E-state index >= 15 is 0 Å². The van der Waals surface area contributed by atoms with Gasteiger partial charge in [0.1, 0.15) is 0 Å². The Bertz CT molecular complexity index is 831. The number of fused-ring (bicyclic) bond motifs is 5. The zero-order valence-corrected chi connectivity index (χ0v) is 16.4. The van der Waals surface area contributed by atoms with Gasteiger partial charge in [-0.1, -0.05) is 18.2 Å². The Labute approximate surface area is 160 Å². The van der Waals surface area contributed by atoms with Crippen LogP contribution in [0, 0.1) is 5.92 Å². The molecule has 146 valence electrons. The van der Waals surface area contributed by atoms with Gasteiger partial charge < -0.3 is 20.3 Å². The number of carbonyl (C=O) groups is 1. The van der Waals surface area contributed by atoms with Gasteiger partial charge >= 0.3 is 6.03 Å². The number of aromatic nitrogens is 1. The number of hydrogen-bond acceptors (Lipinski definition) is 3. The molecule has 0 aliphatic carbocycles. The summed E-state index contributed by atoms with van der Waals surface area (Å²) in [6.07, 6.45) is 1.42. The van der Waals surface area contributed by atoms with Crippen LogP contribution in [0.3, 0.4) is 0 Å². The van der Waals surface area contributed by atoms with Gasteiger partial charge in [-0.3, -0.25) is 4.90 Å². The van der Waals surface area contributed by atoms with E-state index in [4.69, 9.17) is 0 Å². The van der Waals surface area contributed by atoms with Gasteiger partial charge in [-0.2, -0.15) is 0 Å². The van der Waals surface area contributed by atoms with Crippen molar-refractivity contribution in [2.75, 3.05) is 26.7 Å². The van der Waals surface area contributed by atoms with E-state index in [1.165, 1.54) is 22.2 Å². The predicted molar refractivity (Wildman–Crippen MR) is 107 cm³/mol. The summed E-state index contributed by atoms with van der Waals surface area (Å²) in [5.74, 6) is 0.0554. The first kappa shape index (κ1) is 18.3. The zero-order chi connectivity index (χ0) is 19.1. The highest BCUT2D eigenvalue weighted by molar-refractivity contribution is 5.85. The minimum Gasteiger partial charge on any atom is -0.393 e. The summed E-state index contributed by atoms with van der Waals surface area (Å²) >= 11 is 0. The van der Waals surface area contributed by atoms with Crippen LogP contribution in [0.15, 0.2) is 24.3 Å². The molecular weight excluding hydrogens is 340 g/mol. The number of nitrogens with one attached hydrogen (secondary N) is 2. The molecule has 6 heteroatoms. The number of H-pyrrole nitrogens is 1. The van der Waals surface area contributed by atoms with E-state index in [2.05, 4.69) is 39.5 Å². The fraction of sp³-hybridized carbons (Fsp3) is 0.571. The third kappa shape index (κ3) is 3.11. The topological polar surface area (TPSA) is 71.6 Å². The number of urea groups is 1. The number of carbonyl (C=O) groups excluding carboxylic acids is 1. The predicted octanol–water partition coefficient (Wildman–Crippen LogP) is 2.50. The van der Waals surface area contributed by atoms with E-state index in [0.29, 0.717) is 6.54 Å². The third-order valence-electron chi connectivity index (χ3n) is 6.44. The first-order valence-corrected chi connectivity index (χ1v) is 10.0. The molecule has 4 atom stereocenters. The first-order chi connectivity index (χ1) is 13.0. The molecule has 6 nitrogen and oxygen atoms in total. The van der Waals surface area contributed by atoms with Crippen molar-refractivity contribution in [3.8, 4) is 0 Å². The Morgan fingerprint density at radius 3 is 2.96 bits per heavy atom. The number of amides is 2. The summed E-state index contributed by atoms with van der Waals surface area (Å²) in [6.45, 7) is 6.20. The SMILES string of the molecule is CCNC(=O)N(C)[C@H]1C[C@H]2c3[nH]c4ccccc4c3CCN2C[C@H]1[C@H](C)O. The van der Waals surface area contributed by atoms with E-state index < -0.39 is 6.10 Å². The molecule has 27 heavy (non-hydrogen) atoms. The van der Waals surface area contributed by atoms with Crippen LogP contribution in [0.1, 0.15) is 37.6 Å². The number of nitrogens with zero attached hydrogens (tertiary/aromatic N) is 2. The molecular formula is C21H30N4O2. The lowest BCUT2D eigenvalue weighted by Gasteiger charge is -2.49. The van der Waals surface area contributed by atoms with E-state index in [1.807, 2.05) is 20.9 Å². The summed E-state index contributed by atoms with van der Waals surface area (Å²) in [5, 5.41) is 14.6. The number of benzene rings is 1. The van der Waals surface area contributed by atoms with E-state index in [0.717, 1.165) is 25.9 Å². The molecule has 4 rings (SSSR count). The van der Waals surface area contributed by atoms with Crippen LogP contribution in [0.2, 0.25) is 0 Å². The van der Waals surface area contributed by atoms with Gasteiger partial charge in [-0.25, -0.2) is 4.79 Å². The molecule has 0 bridgehead atoms. The molecule has 2 aromatic rings. The van der Waals surface area contributed by atoms with Crippen LogP contribution in [0.5, 0.6) is 0 Å². The average Bonchev–Trinajstić information content (AvgIpc) is 3.05. The Morgan fingerprint density at radius 1 is 1.44 bits per heavy atom. The van der Waals surface area contributed by atoms with Crippen LogP contribution in [0.4, 0.5) is 4.79 Å². The lowest BCUT2D eigenvalue weighted by molar-refractivity contribution is -0.0189. The lowest BCUT2D eigenvalue weighted by atomic mass is 9.80. The van der Waals surface area contributed by atoms with Gasteiger partial charge in [0.05, 0.1) is 12.1 Å². The molecule has 1 saturated heterocycles. The molecule has 0 saturated carbocycles. The third-order valence-corrected chi connectivity index (χ3v) is 6.44. The lowest BCUT2D eigenvalue weighted by Crippen LogP contribution is -2.58. The van der Waals surface area contributed by atoms with Crippen molar-refractivity contribution in [3.63, 3.8) is 0 Å². The number of aliphatic hydroxyl groups excluding tert-OH is 1. The summed E-state index contributed by atoms with van der Waals surface area (Å²) in [7, 11) is 1.86. The van der Waals surface area contributed by atoms with Crippen molar-refractivity contribution in [2.45, 2.75) is 44.9 Å². The molecule has 2 aliphatic heterocycles. The number of para-hydroxylation sites is 1. The van der Waals surface area contributed by atoms with Crippen LogP contribution in [-0.2, 0) is 6.42 Å². The largest absolute Gasteiger partial charge is 0.393 e. The fourth-order valence-electron chi connectivity index (χ4n) is 5.00. The number of hydrogen-bond donors (Lipinski definition) is 3. The Morgan fingerprint density at radius 2 is 2.22 bits per heavy atom. The van der Waals surface area contributed by atoms with Gasteiger partial charge in [-0.05, 0) is 38.3 Å². The second kappa shape index (κ2) is 7.17. The first-order valence-electron chi connectivity index (χ1n) is 10.0. The Kier molecular flexibility index (Phi) is 4.86. The number of piperidine rings is 1. The highest BCUT2D eigenvalue weighted by Crippen LogP contribution is 2.42. The van der Waals surface area contributed by atoms with Gasteiger partial charge in [0.15, 0.2) is 0 Å². The van der Waals surface area contributed by atoms with E-state index in [-0.39, 0.29) is 24.0 Å². The molecule has 1 fully saturated rings. The molecule has 3 heterocycles. The normalized spacial score (nSPS) is 26.3. The van der Waals surface area contributed by atoms with Crippen LogP contribution in [0.25, 0.3) is 10.9 Å². The molecule has 2 aliphatic rings. The molecule has 3 N–H and O–H groups in total. The molecule has 0 radical (unpaired) electrons. The minimum absolute atomic E-state index is 0.00941. The van der Waals surface area contributed by atoms with Crippen molar-refractivity contribution in [1.82, 2.24) is 20.1 Å². The van der Waals surface area contributed by atoms with Crippen molar-refractivity contribution < 1.29 is 9.90 Å². The standard InChI is InChI=1S/C21H30N4O2/c1-4-22-21(27)24(3)18-11-19-20-15(14-7-5-6-8-17(14)23-20)9-10-25(19)12-16(18)13(2)26/h5-8,13,16,18-19,23,26H,4,9-12H2,1-3H3,(H,22,27)/t13-,16-,18-,19-/m0/s1. The average molecular weight is 370 g/mol. The van der Waals surface area contributed by atoms with Gasteiger partial charge in [-0.15, -0.1) is 0 Å². The maximum Gasteiger partial charge on any atom is 0.317 e. The fourth-order valence-corrected chi connectivity index (χ4v) is 5.00. The van der Waals surface area contributed by atoms with Crippen molar-refractivity contribution >= 4 is 16.9 Å². The smallest absolute Gasteiger partial charge is 0.317 e. The van der Waals surface area contributed by atoms with Gasteiger partial charge in [0.2, 0.25) is 0 Å². The molecule has 0 spiro atoms. The van der Waals surface area contributed by atoms with Crippen LogP contribution in [-0.4, -0.2) is 64.7 Å². The summed E-state index contributed by atoms with van der Waals surface area (Å²) in [5.41, 5.74) is 3.90. The highest BCUT2D eigenvalue weighted by atomic mass is 16.3. The van der Waals surface area contributed by atoms with Crippen molar-refractivity contribution in [3.05, 3.63) is 35.5 Å². The molecule has 1 aromatic heterocycles. The van der Waals surface area contributed by atoms with E-state index in [1.54, 1.807) is 4.90 Å². The van der Waals surface area contributed by atoms with E-state index in [9.17, 15) is 9.90 Å². The van der Waals surface area contributed by atoms with Crippen LogP contribution < -0.4 is 5.32 Å². The minimum atomic E-state index is -0.447. The molecule has 0 unspecified atom stereocenters. The summed E-state index contributed by atoms with van der Waals surface area (Å²) < 4.78 is 0. The van der Waals surface area contributed by atoms with Gasteiger partial charge in [0, 0.05) is 55.2 Å². The Balaban J connectivity index is 1.68. The Hall–Kier alpha value is -2.05. The number of aliphatic hydroxyl groups is 1. The van der Waals surface area contributed by atoms with Crippen molar-refractivity contribution in [2.24, 2.45) is 5.92 Å². The molecule has 2 amide bonds. The molecule has 1 aromatic carbocycles. The summed E-state index contributed by atoms with van der Waals surface area (Å²) in [4.78, 5) is 20.4. The quantitative estimate of drug-likeness (QED) is 0.777. The second-order valence-corrected chi connectivity index (χ2v) is 7.98. The summed E-state index contributed by atoms with van der Waals surface area (Å²) in [6, 6.07) is 8.71.